The summed E-state index contributed by atoms with van der Waals surface area (Å²) in [6, 6.07) is 0. The number of hydrogen-bond donors (Lipinski definition) is 0. The van der Waals surface area contributed by atoms with Gasteiger partial charge in [-0.05, 0) is 19.3 Å². The highest BCUT2D eigenvalue weighted by Crippen LogP contribution is 2.18. The molecule has 0 radical (unpaired) electrons. The molecule has 1 rings (SSSR count). The molecule has 1 unspecified atom stereocenters. The predicted octanol–water partition coefficient (Wildman–Crippen LogP) is 1.89. The SMILES string of the molecule is CCC1=NN(CC(C)C)C(=O)C1C. The minimum atomic E-state index is 0.00347. The summed E-state index contributed by atoms with van der Waals surface area (Å²) >= 11 is 0. The van der Waals surface area contributed by atoms with Crippen LogP contribution in [0.15, 0.2) is 5.10 Å². The number of amides is 1. The number of hydrazone groups is 1. The molecule has 13 heavy (non-hydrogen) atoms. The average molecular weight is 182 g/mol. The molecule has 0 saturated carbocycles. The fourth-order valence-corrected chi connectivity index (χ4v) is 1.51. The minimum Gasteiger partial charge on any atom is -0.272 e. The van der Waals surface area contributed by atoms with Gasteiger partial charge in [0.25, 0.3) is 5.91 Å². The highest BCUT2D eigenvalue weighted by atomic mass is 16.2. The van der Waals surface area contributed by atoms with Gasteiger partial charge in [0.1, 0.15) is 0 Å². The van der Waals surface area contributed by atoms with Gasteiger partial charge in [0.05, 0.1) is 11.6 Å². The van der Waals surface area contributed by atoms with Crippen molar-refractivity contribution in [1.29, 1.82) is 0 Å². The predicted molar refractivity (Wildman–Crippen MR) is 53.4 cm³/mol. The first-order chi connectivity index (χ1) is 6.06. The van der Waals surface area contributed by atoms with Crippen LogP contribution in [-0.4, -0.2) is 23.2 Å². The van der Waals surface area contributed by atoms with Gasteiger partial charge in [-0.3, -0.25) is 4.79 Å². The normalized spacial score (nSPS) is 22.8. The number of hydrogen-bond acceptors (Lipinski definition) is 2. The van der Waals surface area contributed by atoms with E-state index in [0.29, 0.717) is 5.92 Å². The van der Waals surface area contributed by atoms with E-state index in [1.807, 2.05) is 13.8 Å². The molecule has 0 aliphatic carbocycles. The van der Waals surface area contributed by atoms with Crippen molar-refractivity contribution in [2.45, 2.75) is 34.1 Å². The molecule has 1 aliphatic rings. The van der Waals surface area contributed by atoms with Gasteiger partial charge in [-0.1, -0.05) is 20.8 Å². The molecule has 0 aromatic heterocycles. The Bertz CT molecular complexity index is 233. The van der Waals surface area contributed by atoms with Gasteiger partial charge in [-0.2, -0.15) is 5.10 Å². The molecule has 3 nitrogen and oxygen atoms in total. The quantitative estimate of drug-likeness (QED) is 0.656. The van der Waals surface area contributed by atoms with E-state index in [0.717, 1.165) is 18.7 Å². The van der Waals surface area contributed by atoms with Gasteiger partial charge >= 0.3 is 0 Å². The highest BCUT2D eigenvalue weighted by Gasteiger charge is 2.30. The van der Waals surface area contributed by atoms with Crippen LogP contribution in [-0.2, 0) is 4.79 Å². The Balaban J connectivity index is 2.68. The van der Waals surface area contributed by atoms with Crippen LogP contribution in [0.1, 0.15) is 34.1 Å². The van der Waals surface area contributed by atoms with Crippen molar-refractivity contribution in [3.05, 3.63) is 0 Å². The third-order valence-corrected chi connectivity index (χ3v) is 2.27. The Kier molecular flexibility index (Phi) is 3.07. The fourth-order valence-electron chi connectivity index (χ4n) is 1.51. The lowest BCUT2D eigenvalue weighted by Crippen LogP contribution is -2.28. The molecular weight excluding hydrogens is 164 g/mol. The van der Waals surface area contributed by atoms with Crippen LogP contribution >= 0.6 is 0 Å². The zero-order chi connectivity index (χ0) is 10.0. The topological polar surface area (TPSA) is 32.7 Å². The minimum absolute atomic E-state index is 0.00347. The average Bonchev–Trinajstić information content (AvgIpc) is 2.32. The highest BCUT2D eigenvalue weighted by molar-refractivity contribution is 6.07. The number of carbonyl (C=O) groups is 1. The standard InChI is InChI=1S/C10H18N2O/c1-5-9-8(4)10(13)12(11-9)6-7(2)3/h7-8H,5-6H2,1-4H3. The van der Waals surface area contributed by atoms with Crippen molar-refractivity contribution < 1.29 is 4.79 Å². The Morgan fingerprint density at radius 1 is 1.54 bits per heavy atom. The third-order valence-electron chi connectivity index (χ3n) is 2.27. The summed E-state index contributed by atoms with van der Waals surface area (Å²) in [6.45, 7) is 8.91. The van der Waals surface area contributed by atoms with Crippen LogP contribution in [0.3, 0.4) is 0 Å². The largest absolute Gasteiger partial charge is 0.272 e. The smallest absolute Gasteiger partial charge is 0.251 e. The zero-order valence-corrected chi connectivity index (χ0v) is 8.87. The van der Waals surface area contributed by atoms with E-state index in [1.54, 1.807) is 5.01 Å². The van der Waals surface area contributed by atoms with Gasteiger partial charge in [-0.15, -0.1) is 0 Å². The Morgan fingerprint density at radius 2 is 2.15 bits per heavy atom. The maximum Gasteiger partial charge on any atom is 0.251 e. The first-order valence-electron chi connectivity index (χ1n) is 4.95. The van der Waals surface area contributed by atoms with Crippen LogP contribution in [0, 0.1) is 11.8 Å². The zero-order valence-electron chi connectivity index (χ0n) is 8.87. The van der Waals surface area contributed by atoms with Crippen molar-refractivity contribution in [2.75, 3.05) is 6.54 Å². The van der Waals surface area contributed by atoms with E-state index >= 15 is 0 Å². The second-order valence-corrected chi connectivity index (χ2v) is 3.98. The molecule has 0 aromatic carbocycles. The summed E-state index contributed by atoms with van der Waals surface area (Å²) in [7, 11) is 0. The monoisotopic (exact) mass is 182 g/mol. The van der Waals surface area contributed by atoms with Crippen LogP contribution in [0.5, 0.6) is 0 Å². The van der Waals surface area contributed by atoms with E-state index in [-0.39, 0.29) is 11.8 Å². The van der Waals surface area contributed by atoms with Crippen LogP contribution in [0.4, 0.5) is 0 Å². The number of nitrogens with zero attached hydrogens (tertiary/aromatic N) is 2. The second-order valence-electron chi connectivity index (χ2n) is 3.98. The summed E-state index contributed by atoms with van der Waals surface area (Å²) in [6.07, 6.45) is 0.876. The lowest BCUT2D eigenvalue weighted by molar-refractivity contribution is -0.131. The van der Waals surface area contributed by atoms with Crippen molar-refractivity contribution >= 4 is 11.6 Å². The van der Waals surface area contributed by atoms with Crippen molar-refractivity contribution in [3.63, 3.8) is 0 Å². The lowest BCUT2D eigenvalue weighted by Gasteiger charge is -2.14. The van der Waals surface area contributed by atoms with Gasteiger partial charge in [0, 0.05) is 6.54 Å². The van der Waals surface area contributed by atoms with Gasteiger partial charge in [0.15, 0.2) is 0 Å². The molecule has 1 aliphatic heterocycles. The Labute approximate surface area is 79.8 Å². The molecular formula is C10H18N2O. The molecule has 3 heteroatoms. The van der Waals surface area contributed by atoms with Gasteiger partial charge in [-0.25, -0.2) is 5.01 Å². The molecule has 1 atom stereocenters. The first-order valence-corrected chi connectivity index (χ1v) is 4.95. The maximum atomic E-state index is 11.6. The van der Waals surface area contributed by atoms with Crippen molar-refractivity contribution in [2.24, 2.45) is 16.9 Å². The maximum absolute atomic E-state index is 11.6. The molecule has 1 heterocycles. The summed E-state index contributed by atoms with van der Waals surface area (Å²) in [5, 5.41) is 5.93. The molecule has 1 amide bonds. The molecule has 0 N–H and O–H groups in total. The Hall–Kier alpha value is -0.860. The summed E-state index contributed by atoms with van der Waals surface area (Å²) in [4.78, 5) is 11.6. The molecule has 0 bridgehead atoms. The van der Waals surface area contributed by atoms with Crippen LogP contribution in [0.25, 0.3) is 0 Å². The van der Waals surface area contributed by atoms with Gasteiger partial charge < -0.3 is 0 Å². The third kappa shape index (κ3) is 2.08. The van der Waals surface area contributed by atoms with Crippen LogP contribution < -0.4 is 0 Å². The first kappa shape index (κ1) is 10.2. The summed E-state index contributed by atoms with van der Waals surface area (Å²) < 4.78 is 0. The molecule has 0 saturated heterocycles. The van der Waals surface area contributed by atoms with E-state index in [1.165, 1.54) is 0 Å². The molecule has 0 spiro atoms. The lowest BCUT2D eigenvalue weighted by atomic mass is 10.0. The van der Waals surface area contributed by atoms with E-state index < -0.39 is 0 Å². The summed E-state index contributed by atoms with van der Waals surface area (Å²) in [5.41, 5.74) is 1.02. The van der Waals surface area contributed by atoms with Crippen LogP contribution in [0.2, 0.25) is 0 Å². The van der Waals surface area contributed by atoms with Crippen molar-refractivity contribution in [1.82, 2.24) is 5.01 Å². The molecule has 0 fully saturated rings. The fraction of sp³-hybridized carbons (Fsp3) is 0.800. The second kappa shape index (κ2) is 3.90. The molecule has 0 aromatic rings. The summed E-state index contributed by atoms with van der Waals surface area (Å²) in [5.74, 6) is 0.644. The van der Waals surface area contributed by atoms with E-state index in [4.69, 9.17) is 0 Å². The molecule has 74 valence electrons. The van der Waals surface area contributed by atoms with Crippen molar-refractivity contribution in [3.8, 4) is 0 Å². The van der Waals surface area contributed by atoms with E-state index in [2.05, 4.69) is 18.9 Å². The number of rotatable bonds is 3. The Morgan fingerprint density at radius 3 is 2.54 bits per heavy atom. The van der Waals surface area contributed by atoms with Gasteiger partial charge in [0.2, 0.25) is 0 Å². The number of carbonyl (C=O) groups excluding carboxylic acids is 1. The van der Waals surface area contributed by atoms with E-state index in [9.17, 15) is 4.79 Å².